The molecule has 0 aliphatic rings. The summed E-state index contributed by atoms with van der Waals surface area (Å²) in [5, 5.41) is 20.1. The van der Waals surface area contributed by atoms with E-state index in [4.69, 9.17) is 10.5 Å². The van der Waals surface area contributed by atoms with E-state index in [1.54, 1.807) is 0 Å². The number of benzene rings is 1. The fourth-order valence-corrected chi connectivity index (χ4v) is 2.49. The van der Waals surface area contributed by atoms with Gasteiger partial charge in [-0.3, -0.25) is 0 Å². The minimum absolute atomic E-state index is 0.154. The van der Waals surface area contributed by atoms with Crippen LogP contribution in [0.25, 0.3) is 5.57 Å². The van der Waals surface area contributed by atoms with E-state index in [1.807, 2.05) is 60.8 Å². The monoisotopic (exact) mass is 250 g/mol. The molecule has 3 heteroatoms. The minimum atomic E-state index is 0.154. The van der Waals surface area contributed by atoms with Gasteiger partial charge in [-0.2, -0.15) is 10.5 Å². The number of aryl methyl sites for hydroxylation is 1. The van der Waals surface area contributed by atoms with Gasteiger partial charge in [0.1, 0.15) is 17.7 Å². The van der Waals surface area contributed by atoms with Gasteiger partial charge >= 0.3 is 0 Å². The molecule has 2 rings (SSSR count). The smallest absolute Gasteiger partial charge is 0.138 e. The largest absolute Gasteiger partial charge is 0.192 e. The summed E-state index contributed by atoms with van der Waals surface area (Å²) in [7, 11) is 0. The van der Waals surface area contributed by atoms with Crippen molar-refractivity contribution >= 4 is 16.9 Å². The van der Waals surface area contributed by atoms with Crippen LogP contribution in [0.15, 0.2) is 47.4 Å². The van der Waals surface area contributed by atoms with Gasteiger partial charge in [0, 0.05) is 10.5 Å². The summed E-state index contributed by atoms with van der Waals surface area (Å²) in [6.45, 7) is 2.01. The first-order valence-corrected chi connectivity index (χ1v) is 6.29. The third-order valence-corrected chi connectivity index (χ3v) is 3.47. The third kappa shape index (κ3) is 2.32. The highest BCUT2D eigenvalue weighted by atomic mass is 32.1. The number of hydrogen-bond donors (Lipinski definition) is 0. The van der Waals surface area contributed by atoms with E-state index in [1.165, 1.54) is 11.3 Å². The molecule has 0 spiro atoms. The van der Waals surface area contributed by atoms with Gasteiger partial charge in [-0.15, -0.1) is 11.3 Å². The van der Waals surface area contributed by atoms with Crippen molar-refractivity contribution < 1.29 is 0 Å². The van der Waals surface area contributed by atoms with Crippen molar-refractivity contribution in [2.24, 2.45) is 0 Å². The van der Waals surface area contributed by atoms with Gasteiger partial charge in [0.25, 0.3) is 0 Å². The number of hydrogen-bond acceptors (Lipinski definition) is 3. The quantitative estimate of drug-likeness (QED) is 0.759. The van der Waals surface area contributed by atoms with Crippen molar-refractivity contribution in [1.29, 1.82) is 10.5 Å². The Balaban J connectivity index is 2.66. The van der Waals surface area contributed by atoms with Gasteiger partial charge in [-0.05, 0) is 23.9 Å². The lowest BCUT2D eigenvalue weighted by Gasteiger charge is -2.06. The van der Waals surface area contributed by atoms with E-state index < -0.39 is 0 Å². The molecule has 0 saturated carbocycles. The lowest BCUT2D eigenvalue weighted by Crippen LogP contribution is -1.90. The summed E-state index contributed by atoms with van der Waals surface area (Å²) in [4.78, 5) is 0.942. The van der Waals surface area contributed by atoms with Gasteiger partial charge in [-0.25, -0.2) is 0 Å². The molecule has 1 aromatic heterocycles. The number of nitriles is 2. The molecule has 0 amide bonds. The SMILES string of the molecule is Cc1ccc(C(=C(C#N)C#N)c2cccs2)cc1. The topological polar surface area (TPSA) is 47.6 Å². The molecule has 1 heterocycles. The molecule has 0 unspecified atom stereocenters. The van der Waals surface area contributed by atoms with E-state index in [0.29, 0.717) is 0 Å². The molecule has 0 aliphatic carbocycles. The van der Waals surface area contributed by atoms with E-state index in [2.05, 4.69) is 0 Å². The molecular weight excluding hydrogens is 240 g/mol. The lowest BCUT2D eigenvalue weighted by atomic mass is 9.98. The van der Waals surface area contributed by atoms with Crippen LogP contribution in [0.1, 0.15) is 16.0 Å². The van der Waals surface area contributed by atoms with Crippen LogP contribution in [0.5, 0.6) is 0 Å². The van der Waals surface area contributed by atoms with Gasteiger partial charge < -0.3 is 0 Å². The minimum Gasteiger partial charge on any atom is -0.192 e. The van der Waals surface area contributed by atoms with Gasteiger partial charge in [0.15, 0.2) is 0 Å². The first kappa shape index (κ1) is 12.1. The fraction of sp³-hybridized carbons (Fsp3) is 0.0667. The maximum atomic E-state index is 9.09. The standard InChI is InChI=1S/C15H10N2S/c1-11-4-6-12(7-5-11)15(13(9-16)10-17)14-3-2-8-18-14/h2-8H,1H3. The molecular formula is C15H10N2S. The first-order chi connectivity index (χ1) is 8.76. The number of thiophene rings is 1. The summed E-state index contributed by atoms with van der Waals surface area (Å²) in [5.41, 5.74) is 2.93. The van der Waals surface area contributed by atoms with Crippen LogP contribution >= 0.6 is 11.3 Å². The molecule has 0 N–H and O–H groups in total. The summed E-state index contributed by atoms with van der Waals surface area (Å²) in [5.74, 6) is 0. The van der Waals surface area contributed by atoms with E-state index >= 15 is 0 Å². The molecule has 0 aliphatic heterocycles. The Morgan fingerprint density at radius 3 is 2.22 bits per heavy atom. The Morgan fingerprint density at radius 2 is 1.72 bits per heavy atom. The normalized spacial score (nSPS) is 9.28. The summed E-state index contributed by atoms with van der Waals surface area (Å²) >= 11 is 1.53. The number of nitrogens with zero attached hydrogens (tertiary/aromatic N) is 2. The molecule has 86 valence electrons. The van der Waals surface area contributed by atoms with Crippen molar-refractivity contribution in [2.45, 2.75) is 6.92 Å². The Labute approximate surface area is 110 Å². The van der Waals surface area contributed by atoms with Crippen molar-refractivity contribution in [1.82, 2.24) is 0 Å². The zero-order chi connectivity index (χ0) is 13.0. The van der Waals surface area contributed by atoms with Crippen molar-refractivity contribution in [2.75, 3.05) is 0 Å². The van der Waals surface area contributed by atoms with Crippen LogP contribution < -0.4 is 0 Å². The lowest BCUT2D eigenvalue weighted by molar-refractivity contribution is 1.43. The molecule has 0 saturated heterocycles. The Hall–Kier alpha value is -2.36. The van der Waals surface area contributed by atoms with Gasteiger partial charge in [0.2, 0.25) is 0 Å². The van der Waals surface area contributed by atoms with Crippen LogP contribution in [0.4, 0.5) is 0 Å². The first-order valence-electron chi connectivity index (χ1n) is 5.41. The van der Waals surface area contributed by atoms with E-state index in [0.717, 1.165) is 21.6 Å². The van der Waals surface area contributed by atoms with Crippen LogP contribution in [0.3, 0.4) is 0 Å². The Bertz CT molecular complexity index is 634. The molecule has 0 bridgehead atoms. The van der Waals surface area contributed by atoms with Gasteiger partial charge in [0.05, 0.1) is 0 Å². The average molecular weight is 250 g/mol. The molecule has 2 aromatic rings. The Kier molecular flexibility index (Phi) is 3.57. The zero-order valence-corrected chi connectivity index (χ0v) is 10.7. The molecule has 18 heavy (non-hydrogen) atoms. The predicted octanol–water partition coefficient (Wildman–Crippen LogP) is 3.91. The average Bonchev–Trinajstić information content (AvgIpc) is 2.91. The Morgan fingerprint density at radius 1 is 1.06 bits per heavy atom. The predicted molar refractivity (Wildman–Crippen MR) is 72.7 cm³/mol. The highest BCUT2D eigenvalue weighted by Gasteiger charge is 2.12. The zero-order valence-electron chi connectivity index (χ0n) is 9.84. The van der Waals surface area contributed by atoms with Crippen molar-refractivity contribution in [3.05, 3.63) is 63.4 Å². The number of allylic oxidation sites excluding steroid dienone is 1. The second kappa shape index (κ2) is 5.31. The van der Waals surface area contributed by atoms with Crippen LogP contribution in [0, 0.1) is 29.6 Å². The number of rotatable bonds is 2. The summed E-state index contributed by atoms with van der Waals surface area (Å²) in [6.07, 6.45) is 0. The maximum absolute atomic E-state index is 9.09. The van der Waals surface area contributed by atoms with Crippen LogP contribution in [0.2, 0.25) is 0 Å². The molecule has 2 nitrogen and oxygen atoms in total. The second-order valence-corrected chi connectivity index (χ2v) is 4.76. The highest BCUT2D eigenvalue weighted by molar-refractivity contribution is 7.11. The van der Waals surface area contributed by atoms with Crippen molar-refractivity contribution in [3.8, 4) is 12.1 Å². The van der Waals surface area contributed by atoms with Crippen LogP contribution in [-0.4, -0.2) is 0 Å². The molecule has 0 radical (unpaired) electrons. The fourth-order valence-electron chi connectivity index (χ4n) is 1.69. The summed E-state index contributed by atoms with van der Waals surface area (Å²) in [6, 6.07) is 15.6. The van der Waals surface area contributed by atoms with Crippen molar-refractivity contribution in [3.63, 3.8) is 0 Å². The molecule has 0 fully saturated rings. The molecule has 1 aromatic carbocycles. The van der Waals surface area contributed by atoms with E-state index in [9.17, 15) is 0 Å². The third-order valence-electron chi connectivity index (χ3n) is 2.58. The maximum Gasteiger partial charge on any atom is 0.138 e. The second-order valence-electron chi connectivity index (χ2n) is 3.82. The summed E-state index contributed by atoms with van der Waals surface area (Å²) < 4.78 is 0. The molecule has 0 atom stereocenters. The highest BCUT2D eigenvalue weighted by Crippen LogP contribution is 2.30. The van der Waals surface area contributed by atoms with Crippen LogP contribution in [-0.2, 0) is 0 Å². The van der Waals surface area contributed by atoms with E-state index in [-0.39, 0.29) is 5.57 Å². The van der Waals surface area contributed by atoms with Gasteiger partial charge in [-0.1, -0.05) is 35.9 Å².